The van der Waals surface area contributed by atoms with Crippen LogP contribution in [-0.4, -0.2) is 19.9 Å². The van der Waals surface area contributed by atoms with Crippen LogP contribution in [0.25, 0.3) is 0 Å². The molecule has 0 unspecified atom stereocenters. The Morgan fingerprint density at radius 1 is 1.30 bits per heavy atom. The van der Waals surface area contributed by atoms with E-state index in [2.05, 4.69) is 16.6 Å². The van der Waals surface area contributed by atoms with Crippen molar-refractivity contribution in [3.05, 3.63) is 23.5 Å². The Morgan fingerprint density at radius 3 is 2.55 bits per heavy atom. The molecule has 0 aromatic carbocycles. The molecule has 4 nitrogen and oxygen atoms in total. The number of hydrogen-bond donors (Lipinski definition) is 1. The zero-order valence-corrected chi connectivity index (χ0v) is 13.3. The average Bonchev–Trinajstić information content (AvgIpc) is 2.46. The van der Waals surface area contributed by atoms with E-state index in [1.807, 2.05) is 0 Å². The molecule has 2 rings (SSSR count). The number of halogens is 1. The minimum atomic E-state index is -3.48. The molecule has 1 aromatic heterocycles. The molecule has 0 atom stereocenters. The number of pyridine rings is 1. The molecular weight excluding hydrogens is 296 g/mol. The third kappa shape index (κ3) is 4.17. The molecular formula is C14H21ClN2O2S. The molecule has 20 heavy (non-hydrogen) atoms. The molecule has 1 aliphatic rings. The third-order valence-corrected chi connectivity index (χ3v) is 5.74. The Morgan fingerprint density at radius 2 is 1.95 bits per heavy atom. The highest BCUT2D eigenvalue weighted by Gasteiger charge is 2.22. The van der Waals surface area contributed by atoms with Crippen molar-refractivity contribution in [3.8, 4) is 0 Å². The quantitative estimate of drug-likeness (QED) is 0.848. The van der Waals surface area contributed by atoms with Gasteiger partial charge in [-0.15, -0.1) is 0 Å². The maximum Gasteiger partial charge on any atom is 0.240 e. The Labute approximate surface area is 126 Å². The van der Waals surface area contributed by atoms with Crippen molar-refractivity contribution in [2.24, 2.45) is 11.8 Å². The van der Waals surface area contributed by atoms with E-state index >= 15 is 0 Å². The van der Waals surface area contributed by atoms with Gasteiger partial charge in [-0.2, -0.15) is 0 Å². The van der Waals surface area contributed by atoms with Crippen LogP contribution in [0, 0.1) is 11.8 Å². The summed E-state index contributed by atoms with van der Waals surface area (Å²) in [4.78, 5) is 3.97. The van der Waals surface area contributed by atoms with Crippen LogP contribution in [0.15, 0.2) is 23.2 Å². The van der Waals surface area contributed by atoms with Crippen molar-refractivity contribution < 1.29 is 8.42 Å². The monoisotopic (exact) mass is 316 g/mol. The Balaban J connectivity index is 1.90. The summed E-state index contributed by atoms with van der Waals surface area (Å²) in [6.45, 7) is 2.74. The summed E-state index contributed by atoms with van der Waals surface area (Å²) >= 11 is 5.73. The van der Waals surface area contributed by atoms with Crippen LogP contribution in [0.3, 0.4) is 0 Å². The molecule has 0 bridgehead atoms. The van der Waals surface area contributed by atoms with Gasteiger partial charge < -0.3 is 0 Å². The zero-order valence-electron chi connectivity index (χ0n) is 11.7. The molecule has 0 spiro atoms. The molecule has 0 radical (unpaired) electrons. The summed E-state index contributed by atoms with van der Waals surface area (Å²) in [6.07, 6.45) is 7.28. The molecule has 0 aliphatic heterocycles. The number of rotatable bonds is 5. The lowest BCUT2D eigenvalue weighted by Gasteiger charge is -2.27. The van der Waals surface area contributed by atoms with Gasteiger partial charge in [-0.05, 0) is 36.8 Å². The van der Waals surface area contributed by atoms with E-state index in [1.165, 1.54) is 37.6 Å². The second-order valence-corrected chi connectivity index (χ2v) is 7.62. The van der Waals surface area contributed by atoms with Crippen molar-refractivity contribution in [3.63, 3.8) is 0 Å². The molecule has 1 fully saturated rings. The molecule has 1 saturated carbocycles. The lowest BCUT2D eigenvalue weighted by molar-refractivity contribution is 0.270. The van der Waals surface area contributed by atoms with E-state index in [1.54, 1.807) is 0 Å². The second kappa shape index (κ2) is 6.87. The summed E-state index contributed by atoms with van der Waals surface area (Å²) in [5.74, 6) is 1.27. The summed E-state index contributed by atoms with van der Waals surface area (Å²) < 4.78 is 27.0. The standard InChI is InChI=1S/C14H21ClN2O2S/c1-2-11-3-5-12(6-4-11)10-17-20(18,19)13-7-8-16-14(15)9-13/h7-9,11-12,17H,2-6,10H2,1H3. The zero-order chi connectivity index (χ0) is 14.6. The highest BCUT2D eigenvalue weighted by atomic mass is 35.5. The average molecular weight is 317 g/mol. The number of sulfonamides is 1. The van der Waals surface area contributed by atoms with E-state index in [-0.39, 0.29) is 10.0 Å². The lowest BCUT2D eigenvalue weighted by atomic mass is 9.81. The van der Waals surface area contributed by atoms with Gasteiger partial charge in [0.15, 0.2) is 0 Å². The fourth-order valence-electron chi connectivity index (χ4n) is 2.71. The molecule has 0 amide bonds. The normalized spacial score (nSPS) is 23.7. The molecule has 112 valence electrons. The van der Waals surface area contributed by atoms with Gasteiger partial charge in [0.05, 0.1) is 4.90 Å². The number of nitrogens with one attached hydrogen (secondary N) is 1. The number of hydrogen-bond acceptors (Lipinski definition) is 3. The molecule has 1 N–H and O–H groups in total. The molecule has 1 aliphatic carbocycles. The first-order valence-electron chi connectivity index (χ1n) is 7.12. The maximum atomic E-state index is 12.2. The minimum Gasteiger partial charge on any atom is -0.244 e. The van der Waals surface area contributed by atoms with Crippen LogP contribution < -0.4 is 4.72 Å². The summed E-state index contributed by atoms with van der Waals surface area (Å²) in [5, 5.41) is 0.191. The van der Waals surface area contributed by atoms with Crippen LogP contribution in [0.2, 0.25) is 5.15 Å². The van der Waals surface area contributed by atoms with Gasteiger partial charge in [-0.1, -0.05) is 37.8 Å². The molecule has 0 saturated heterocycles. The second-order valence-electron chi connectivity index (χ2n) is 5.46. The smallest absolute Gasteiger partial charge is 0.240 e. The van der Waals surface area contributed by atoms with Crippen molar-refractivity contribution in [2.75, 3.05) is 6.54 Å². The van der Waals surface area contributed by atoms with Gasteiger partial charge >= 0.3 is 0 Å². The van der Waals surface area contributed by atoms with Crippen molar-refractivity contribution in [2.45, 2.75) is 43.9 Å². The van der Waals surface area contributed by atoms with Crippen LogP contribution in [0.4, 0.5) is 0 Å². The first kappa shape index (κ1) is 15.7. The Hall–Kier alpha value is -0.650. The van der Waals surface area contributed by atoms with Gasteiger partial charge in [0.25, 0.3) is 0 Å². The van der Waals surface area contributed by atoms with Crippen LogP contribution in [0.5, 0.6) is 0 Å². The SMILES string of the molecule is CCC1CCC(CNS(=O)(=O)c2ccnc(Cl)c2)CC1. The van der Waals surface area contributed by atoms with E-state index < -0.39 is 10.0 Å². The minimum absolute atomic E-state index is 0.180. The van der Waals surface area contributed by atoms with E-state index in [9.17, 15) is 8.42 Å². The molecule has 1 aromatic rings. The van der Waals surface area contributed by atoms with Crippen LogP contribution >= 0.6 is 11.6 Å². The summed E-state index contributed by atoms with van der Waals surface area (Å²) in [7, 11) is -3.48. The predicted octanol–water partition coefficient (Wildman–Crippen LogP) is 3.23. The highest BCUT2D eigenvalue weighted by molar-refractivity contribution is 7.89. The van der Waals surface area contributed by atoms with Crippen molar-refractivity contribution >= 4 is 21.6 Å². The summed E-state index contributed by atoms with van der Waals surface area (Å²) in [5.41, 5.74) is 0. The first-order valence-corrected chi connectivity index (χ1v) is 8.98. The number of nitrogens with zero attached hydrogens (tertiary/aromatic N) is 1. The predicted molar refractivity (Wildman–Crippen MR) is 80.2 cm³/mol. The molecule has 1 heterocycles. The third-order valence-electron chi connectivity index (χ3n) is 4.11. The fraction of sp³-hybridized carbons (Fsp3) is 0.643. The van der Waals surface area contributed by atoms with Crippen LogP contribution in [-0.2, 0) is 10.0 Å². The topological polar surface area (TPSA) is 59.1 Å². The van der Waals surface area contributed by atoms with Crippen molar-refractivity contribution in [1.82, 2.24) is 9.71 Å². The van der Waals surface area contributed by atoms with Gasteiger partial charge in [0, 0.05) is 12.7 Å². The van der Waals surface area contributed by atoms with E-state index in [0.717, 1.165) is 18.8 Å². The van der Waals surface area contributed by atoms with Gasteiger partial charge in [0.1, 0.15) is 5.15 Å². The lowest BCUT2D eigenvalue weighted by Crippen LogP contribution is -2.31. The first-order chi connectivity index (χ1) is 9.51. The highest BCUT2D eigenvalue weighted by Crippen LogP contribution is 2.30. The van der Waals surface area contributed by atoms with Crippen molar-refractivity contribution in [1.29, 1.82) is 0 Å². The van der Waals surface area contributed by atoms with Gasteiger partial charge in [0.2, 0.25) is 10.0 Å². The van der Waals surface area contributed by atoms with Gasteiger partial charge in [-0.3, -0.25) is 0 Å². The molecule has 6 heteroatoms. The van der Waals surface area contributed by atoms with E-state index in [4.69, 9.17) is 11.6 Å². The number of aromatic nitrogens is 1. The fourth-order valence-corrected chi connectivity index (χ4v) is 4.07. The van der Waals surface area contributed by atoms with Gasteiger partial charge in [-0.25, -0.2) is 18.1 Å². The Bertz CT molecular complexity index is 540. The largest absolute Gasteiger partial charge is 0.244 e. The summed E-state index contributed by atoms with van der Waals surface area (Å²) in [6, 6.07) is 2.83. The van der Waals surface area contributed by atoms with Crippen LogP contribution in [0.1, 0.15) is 39.0 Å². The van der Waals surface area contributed by atoms with E-state index in [0.29, 0.717) is 12.5 Å². The Kier molecular flexibility index (Phi) is 5.41. The maximum absolute atomic E-state index is 12.2.